The fourth-order valence-corrected chi connectivity index (χ4v) is 3.72. The number of anilines is 2. The van der Waals surface area contributed by atoms with Gasteiger partial charge in [0.1, 0.15) is 23.0 Å². The highest BCUT2D eigenvalue weighted by atomic mass is 16.3. The molecule has 0 fully saturated rings. The number of hydrogen-bond acceptors (Lipinski definition) is 4. The van der Waals surface area contributed by atoms with Crippen LogP contribution in [0.25, 0.3) is 12.2 Å². The van der Waals surface area contributed by atoms with Gasteiger partial charge in [0.25, 0.3) is 11.8 Å². The van der Waals surface area contributed by atoms with Gasteiger partial charge >= 0.3 is 0 Å². The molecule has 36 heavy (non-hydrogen) atoms. The molecule has 2 heterocycles. The highest BCUT2D eigenvalue weighted by molar-refractivity contribution is 6.05. The van der Waals surface area contributed by atoms with Gasteiger partial charge in [-0.25, -0.2) is 0 Å². The van der Waals surface area contributed by atoms with Crippen LogP contribution in [0.1, 0.15) is 23.0 Å². The van der Waals surface area contributed by atoms with Crippen LogP contribution >= 0.6 is 0 Å². The molecule has 182 valence electrons. The van der Waals surface area contributed by atoms with E-state index in [0.717, 1.165) is 22.9 Å². The van der Waals surface area contributed by atoms with Gasteiger partial charge in [0, 0.05) is 36.6 Å². The molecule has 0 saturated carbocycles. The summed E-state index contributed by atoms with van der Waals surface area (Å²) in [4.78, 5) is 29.7. The fraction of sp³-hybridized carbons (Fsp3) is 0.133. The summed E-state index contributed by atoms with van der Waals surface area (Å²) in [7, 11) is 0. The fourth-order valence-electron chi connectivity index (χ4n) is 3.72. The second-order valence-electron chi connectivity index (χ2n) is 8.21. The van der Waals surface area contributed by atoms with E-state index in [2.05, 4.69) is 0 Å². The average Bonchev–Trinajstić information content (AvgIpc) is 3.52. The van der Waals surface area contributed by atoms with Crippen LogP contribution in [0.3, 0.4) is 0 Å². The van der Waals surface area contributed by atoms with E-state index in [-0.39, 0.29) is 11.8 Å². The van der Waals surface area contributed by atoms with E-state index in [1.54, 1.807) is 22.0 Å². The molecule has 0 saturated heterocycles. The zero-order valence-electron chi connectivity index (χ0n) is 20.3. The molecule has 4 aromatic rings. The zero-order chi connectivity index (χ0) is 25.3. The molecule has 2 aromatic carbocycles. The molecule has 0 unspecified atom stereocenters. The highest BCUT2D eigenvalue weighted by Gasteiger charge is 2.19. The number of amides is 2. The lowest BCUT2D eigenvalue weighted by Gasteiger charge is -2.27. The van der Waals surface area contributed by atoms with Gasteiger partial charge in [-0.2, -0.15) is 0 Å². The first-order valence-electron chi connectivity index (χ1n) is 11.7. The number of carbonyl (C=O) groups is 2. The molecule has 0 aliphatic heterocycles. The first kappa shape index (κ1) is 24.5. The molecule has 2 amide bonds. The van der Waals surface area contributed by atoms with Crippen molar-refractivity contribution in [2.75, 3.05) is 22.9 Å². The standard InChI is InChI=1S/C30H28N2O4/c1-23-13-15-27(35-23)17-19-29(33)31(25-9-5-3-6-10-25)21-22-32(26-11-7-4-8-12-26)30(34)20-18-28-16-14-24(2)36-28/h3-20H,21-22H2,1-2H3/b19-17+,20-18+. The second-order valence-corrected chi connectivity index (χ2v) is 8.21. The Morgan fingerprint density at radius 3 is 1.33 bits per heavy atom. The van der Waals surface area contributed by atoms with Crippen molar-refractivity contribution in [3.8, 4) is 0 Å². The molecule has 0 aliphatic rings. The van der Waals surface area contributed by atoms with Crippen molar-refractivity contribution in [1.29, 1.82) is 0 Å². The summed E-state index contributed by atoms with van der Waals surface area (Å²) in [6, 6.07) is 26.1. The summed E-state index contributed by atoms with van der Waals surface area (Å²) in [5, 5.41) is 0. The Bertz CT molecular complexity index is 1240. The minimum absolute atomic E-state index is 0.211. The molecule has 6 heteroatoms. The van der Waals surface area contributed by atoms with Gasteiger partial charge in [-0.05, 0) is 74.5 Å². The van der Waals surface area contributed by atoms with E-state index in [1.807, 2.05) is 98.8 Å². The van der Waals surface area contributed by atoms with Crippen LogP contribution in [0.4, 0.5) is 11.4 Å². The van der Waals surface area contributed by atoms with Crippen LogP contribution in [-0.2, 0) is 9.59 Å². The quantitative estimate of drug-likeness (QED) is 0.264. The first-order valence-corrected chi connectivity index (χ1v) is 11.7. The molecule has 6 nitrogen and oxygen atoms in total. The Balaban J connectivity index is 1.55. The molecule has 2 aromatic heterocycles. The van der Waals surface area contributed by atoms with Crippen molar-refractivity contribution in [3.05, 3.63) is 120 Å². The Morgan fingerprint density at radius 1 is 0.611 bits per heavy atom. The SMILES string of the molecule is Cc1ccc(/C=C/C(=O)N(CCN(C(=O)/C=C/c2ccc(C)o2)c2ccccc2)c2ccccc2)o1. The van der Waals surface area contributed by atoms with E-state index in [1.165, 1.54) is 12.2 Å². The van der Waals surface area contributed by atoms with Gasteiger partial charge in [-0.1, -0.05) is 36.4 Å². The van der Waals surface area contributed by atoms with Gasteiger partial charge in [-0.3, -0.25) is 9.59 Å². The number of benzene rings is 2. The molecule has 0 aliphatic carbocycles. The molecule has 0 N–H and O–H groups in total. The Hall–Kier alpha value is -4.58. The summed E-state index contributed by atoms with van der Waals surface area (Å²) in [6.45, 7) is 4.29. The topological polar surface area (TPSA) is 66.9 Å². The van der Waals surface area contributed by atoms with Crippen molar-refractivity contribution < 1.29 is 18.4 Å². The van der Waals surface area contributed by atoms with E-state index in [9.17, 15) is 9.59 Å². The summed E-state index contributed by atoms with van der Waals surface area (Å²) in [5.41, 5.74) is 1.48. The molecule has 0 radical (unpaired) electrons. The Labute approximate surface area is 210 Å². The van der Waals surface area contributed by atoms with Crippen molar-refractivity contribution in [1.82, 2.24) is 0 Å². The smallest absolute Gasteiger partial charge is 0.251 e. The van der Waals surface area contributed by atoms with Gasteiger partial charge in [-0.15, -0.1) is 0 Å². The number of furan rings is 2. The molecule has 0 bridgehead atoms. The average molecular weight is 481 g/mol. The Morgan fingerprint density at radius 2 is 1.00 bits per heavy atom. The lowest BCUT2D eigenvalue weighted by atomic mass is 10.2. The van der Waals surface area contributed by atoms with Gasteiger partial charge in [0.2, 0.25) is 0 Å². The maximum atomic E-state index is 13.2. The third-order valence-corrected chi connectivity index (χ3v) is 5.52. The van der Waals surface area contributed by atoms with Crippen molar-refractivity contribution in [2.45, 2.75) is 13.8 Å². The summed E-state index contributed by atoms with van der Waals surface area (Å²) < 4.78 is 11.1. The summed E-state index contributed by atoms with van der Waals surface area (Å²) >= 11 is 0. The van der Waals surface area contributed by atoms with Crippen molar-refractivity contribution in [2.24, 2.45) is 0 Å². The van der Waals surface area contributed by atoms with Gasteiger partial charge < -0.3 is 18.6 Å². The number of aryl methyl sites for hydroxylation is 2. The summed E-state index contributed by atoms with van der Waals surface area (Å²) in [5.74, 6) is 2.34. The third kappa shape index (κ3) is 6.51. The zero-order valence-corrected chi connectivity index (χ0v) is 20.3. The first-order chi connectivity index (χ1) is 17.5. The van der Waals surface area contributed by atoms with E-state index < -0.39 is 0 Å². The van der Waals surface area contributed by atoms with Crippen LogP contribution in [0, 0.1) is 13.8 Å². The Kier molecular flexibility index (Phi) is 7.98. The van der Waals surface area contributed by atoms with Gasteiger partial charge in [0.15, 0.2) is 0 Å². The minimum atomic E-state index is -0.211. The van der Waals surface area contributed by atoms with Crippen molar-refractivity contribution >= 4 is 35.3 Å². The largest absolute Gasteiger partial charge is 0.462 e. The van der Waals surface area contributed by atoms with Crippen LogP contribution in [0.15, 0.2) is 106 Å². The summed E-state index contributed by atoms with van der Waals surface area (Å²) in [6.07, 6.45) is 6.27. The number of hydrogen-bond donors (Lipinski definition) is 0. The predicted molar refractivity (Wildman–Crippen MR) is 143 cm³/mol. The number of carbonyl (C=O) groups excluding carboxylic acids is 2. The molecule has 4 rings (SSSR count). The van der Waals surface area contributed by atoms with Crippen LogP contribution < -0.4 is 9.80 Å². The van der Waals surface area contributed by atoms with Crippen LogP contribution in [0.2, 0.25) is 0 Å². The van der Waals surface area contributed by atoms with Gasteiger partial charge in [0.05, 0.1) is 0 Å². The van der Waals surface area contributed by atoms with Crippen molar-refractivity contribution in [3.63, 3.8) is 0 Å². The van der Waals surface area contributed by atoms with Crippen LogP contribution in [0.5, 0.6) is 0 Å². The molecule has 0 atom stereocenters. The number of nitrogens with zero attached hydrogens (tertiary/aromatic N) is 2. The van der Waals surface area contributed by atoms with Crippen LogP contribution in [-0.4, -0.2) is 24.9 Å². The maximum absolute atomic E-state index is 13.2. The monoisotopic (exact) mass is 480 g/mol. The minimum Gasteiger partial charge on any atom is -0.462 e. The van der Waals surface area contributed by atoms with E-state index in [4.69, 9.17) is 8.83 Å². The predicted octanol–water partition coefficient (Wildman–Crippen LogP) is 6.28. The number of para-hydroxylation sites is 2. The van der Waals surface area contributed by atoms with E-state index >= 15 is 0 Å². The third-order valence-electron chi connectivity index (χ3n) is 5.52. The lowest BCUT2D eigenvalue weighted by Crippen LogP contribution is -2.40. The molecule has 0 spiro atoms. The maximum Gasteiger partial charge on any atom is 0.251 e. The lowest BCUT2D eigenvalue weighted by molar-refractivity contribution is -0.115. The second kappa shape index (κ2) is 11.7. The normalized spacial score (nSPS) is 11.3. The highest BCUT2D eigenvalue weighted by Crippen LogP contribution is 2.19. The molecular weight excluding hydrogens is 452 g/mol. The number of rotatable bonds is 9. The molecular formula is C30H28N2O4. The van der Waals surface area contributed by atoms with E-state index in [0.29, 0.717) is 24.6 Å².